The lowest BCUT2D eigenvalue weighted by atomic mass is 9.63. The Balaban J connectivity index is 1.18. The minimum atomic E-state index is -0.219. The molecule has 5 nitrogen and oxygen atoms in total. The van der Waals surface area contributed by atoms with E-state index in [4.69, 9.17) is 4.74 Å². The van der Waals surface area contributed by atoms with Crippen LogP contribution in [0.15, 0.2) is 58.1 Å². The first-order valence-corrected chi connectivity index (χ1v) is 13.8. The summed E-state index contributed by atoms with van der Waals surface area (Å²) in [5, 5.41) is 5.49. The zero-order valence-electron chi connectivity index (χ0n) is 17.3. The smallest absolute Gasteiger partial charge is 0.254 e. The summed E-state index contributed by atoms with van der Waals surface area (Å²) in [7, 11) is 0. The van der Waals surface area contributed by atoms with E-state index >= 15 is 0 Å². The van der Waals surface area contributed by atoms with E-state index in [0.29, 0.717) is 18.4 Å². The number of carbonyl (C=O) groups excluding carboxylic acids is 2. The van der Waals surface area contributed by atoms with Crippen LogP contribution in [0.4, 0.5) is 0 Å². The van der Waals surface area contributed by atoms with Crippen LogP contribution in [0.5, 0.6) is 5.75 Å². The molecule has 0 aromatic heterocycles. The van der Waals surface area contributed by atoms with Crippen molar-refractivity contribution in [3.05, 3.63) is 71.3 Å². The Labute approximate surface area is 227 Å². The Morgan fingerprint density at radius 2 is 1.58 bits per heavy atom. The molecule has 6 atom stereocenters. The van der Waals surface area contributed by atoms with Crippen molar-refractivity contribution in [2.75, 3.05) is 0 Å². The van der Waals surface area contributed by atoms with Crippen molar-refractivity contribution >= 4 is 79.1 Å². The van der Waals surface area contributed by atoms with Crippen LogP contribution in [-0.2, 0) is 16.2 Å². The molecule has 168 valence electrons. The van der Waals surface area contributed by atoms with Gasteiger partial charge in [0.15, 0.2) is 0 Å². The number of hydrogen-bond acceptors (Lipinski definition) is 4. The van der Waals surface area contributed by atoms with E-state index in [9.17, 15) is 9.59 Å². The molecule has 1 heterocycles. The van der Waals surface area contributed by atoms with Gasteiger partial charge < -0.3 is 4.74 Å². The van der Waals surface area contributed by atoms with Gasteiger partial charge in [0.1, 0.15) is 12.4 Å². The van der Waals surface area contributed by atoms with Crippen LogP contribution in [0.1, 0.15) is 17.5 Å². The third-order valence-electron chi connectivity index (χ3n) is 7.28. The molecular formula is C25H19BrI2N2O3. The molecule has 2 saturated carbocycles. The van der Waals surface area contributed by atoms with Gasteiger partial charge >= 0.3 is 0 Å². The van der Waals surface area contributed by atoms with Crippen LogP contribution < -0.4 is 4.74 Å². The second-order valence-electron chi connectivity index (χ2n) is 9.12. The van der Waals surface area contributed by atoms with E-state index < -0.39 is 0 Å². The highest BCUT2D eigenvalue weighted by Crippen LogP contribution is 2.65. The number of nitrogens with zero attached hydrogens (tertiary/aromatic N) is 2. The number of benzene rings is 2. The van der Waals surface area contributed by atoms with Crippen LogP contribution in [0, 0.1) is 42.6 Å². The summed E-state index contributed by atoms with van der Waals surface area (Å²) < 4.78 is 9.01. The molecule has 0 radical (unpaired) electrons. The highest BCUT2D eigenvalue weighted by atomic mass is 127. The van der Waals surface area contributed by atoms with E-state index in [2.05, 4.69) is 78.4 Å². The topological polar surface area (TPSA) is 59.0 Å². The van der Waals surface area contributed by atoms with Gasteiger partial charge in [0, 0.05) is 4.47 Å². The van der Waals surface area contributed by atoms with Crippen LogP contribution in [0.2, 0.25) is 0 Å². The monoisotopic (exact) mass is 728 g/mol. The van der Waals surface area contributed by atoms with Gasteiger partial charge in [-0.3, -0.25) is 9.59 Å². The fraction of sp³-hybridized carbons (Fsp3) is 0.320. The molecule has 2 aromatic carbocycles. The number of hydrazone groups is 1. The van der Waals surface area contributed by atoms with E-state index in [-0.39, 0.29) is 35.5 Å². The highest BCUT2D eigenvalue weighted by molar-refractivity contribution is 14.1. The predicted octanol–water partition coefficient (Wildman–Crippen LogP) is 5.62. The maximum Gasteiger partial charge on any atom is 0.254 e. The van der Waals surface area contributed by atoms with Gasteiger partial charge in [-0.25, -0.2) is 0 Å². The molecule has 2 amide bonds. The third kappa shape index (κ3) is 3.80. The largest absolute Gasteiger partial charge is 0.487 e. The van der Waals surface area contributed by atoms with Crippen molar-refractivity contribution in [3.63, 3.8) is 0 Å². The molecule has 0 N–H and O–H groups in total. The summed E-state index contributed by atoms with van der Waals surface area (Å²) in [4.78, 5) is 26.2. The number of hydrogen-bond donors (Lipinski definition) is 0. The normalized spacial score (nSPS) is 31.3. The zero-order chi connectivity index (χ0) is 22.9. The Hall–Kier alpha value is -1.27. The maximum atomic E-state index is 13.1. The van der Waals surface area contributed by atoms with E-state index in [0.717, 1.165) is 39.9 Å². The van der Waals surface area contributed by atoms with Crippen molar-refractivity contribution < 1.29 is 14.3 Å². The number of halogens is 3. The van der Waals surface area contributed by atoms with E-state index in [1.807, 2.05) is 36.4 Å². The molecule has 0 spiro atoms. The fourth-order valence-electron chi connectivity index (χ4n) is 5.71. The minimum Gasteiger partial charge on any atom is -0.487 e. The summed E-state index contributed by atoms with van der Waals surface area (Å²) in [5.74, 6) is 1.72. The molecule has 1 saturated heterocycles. The quantitative estimate of drug-likeness (QED) is 0.174. The summed E-state index contributed by atoms with van der Waals surface area (Å²) in [6.45, 7) is 0.477. The summed E-state index contributed by atoms with van der Waals surface area (Å²) >= 11 is 7.94. The molecule has 33 heavy (non-hydrogen) atoms. The lowest BCUT2D eigenvalue weighted by Gasteiger charge is -2.37. The van der Waals surface area contributed by atoms with Crippen LogP contribution in [0.25, 0.3) is 0 Å². The number of rotatable bonds is 5. The van der Waals surface area contributed by atoms with Gasteiger partial charge in [0.05, 0.1) is 25.2 Å². The first-order chi connectivity index (χ1) is 15.9. The molecule has 0 unspecified atom stereocenters. The molecule has 4 aliphatic carbocycles. The Morgan fingerprint density at radius 3 is 2.15 bits per heavy atom. The van der Waals surface area contributed by atoms with Gasteiger partial charge in [0.2, 0.25) is 0 Å². The van der Waals surface area contributed by atoms with Gasteiger partial charge in [0.25, 0.3) is 11.8 Å². The van der Waals surface area contributed by atoms with E-state index in [1.165, 1.54) is 0 Å². The lowest BCUT2D eigenvalue weighted by molar-refractivity contribution is -0.140. The third-order valence-corrected chi connectivity index (χ3v) is 9.41. The van der Waals surface area contributed by atoms with E-state index in [1.54, 1.807) is 6.21 Å². The van der Waals surface area contributed by atoms with Gasteiger partial charge in [-0.1, -0.05) is 40.2 Å². The Bertz CT molecular complexity index is 1170. The second kappa shape index (κ2) is 8.44. The van der Waals surface area contributed by atoms with Crippen molar-refractivity contribution in [3.8, 4) is 5.75 Å². The van der Waals surface area contributed by atoms with Gasteiger partial charge in [-0.15, -0.1) is 0 Å². The van der Waals surface area contributed by atoms with Crippen LogP contribution >= 0.6 is 61.1 Å². The summed E-state index contributed by atoms with van der Waals surface area (Å²) in [5.41, 5.74) is 1.92. The number of allylic oxidation sites excluding steroid dienone is 2. The number of ether oxygens (including phenoxy) is 1. The molecular weight excluding hydrogens is 710 g/mol. The van der Waals surface area contributed by atoms with Gasteiger partial charge in [-0.2, -0.15) is 10.1 Å². The first-order valence-electron chi connectivity index (χ1n) is 10.9. The summed E-state index contributed by atoms with van der Waals surface area (Å²) in [6.07, 6.45) is 7.13. The van der Waals surface area contributed by atoms with Crippen molar-refractivity contribution in [2.45, 2.75) is 13.0 Å². The molecule has 7 rings (SSSR count). The van der Waals surface area contributed by atoms with Crippen molar-refractivity contribution in [2.24, 2.45) is 40.6 Å². The van der Waals surface area contributed by atoms with Crippen LogP contribution in [-0.4, -0.2) is 23.0 Å². The average Bonchev–Trinajstić information content (AvgIpc) is 3.57. The SMILES string of the molecule is O=C1[C@H]2[C@@H]3C=C[C@H]([C@H]4C[C@H]34)[C@@H]2C(=O)N1/N=C\c1cc(I)c(OCc2ccc(Br)cc2)c(I)c1. The minimum absolute atomic E-state index is 0.134. The van der Waals surface area contributed by atoms with Gasteiger partial charge in [-0.05, 0) is 111 Å². The Morgan fingerprint density at radius 1 is 1.00 bits per heavy atom. The molecule has 2 bridgehead atoms. The molecule has 5 aliphatic rings. The van der Waals surface area contributed by atoms with Crippen LogP contribution in [0.3, 0.4) is 0 Å². The average molecular weight is 729 g/mol. The van der Waals surface area contributed by atoms with Crippen molar-refractivity contribution in [1.82, 2.24) is 5.01 Å². The fourth-order valence-corrected chi connectivity index (χ4v) is 8.10. The first kappa shape index (κ1) is 22.2. The lowest BCUT2D eigenvalue weighted by Crippen LogP contribution is -2.40. The number of carbonyl (C=O) groups is 2. The number of amides is 2. The van der Waals surface area contributed by atoms with Crippen molar-refractivity contribution in [1.29, 1.82) is 0 Å². The maximum absolute atomic E-state index is 13.1. The molecule has 1 aliphatic heterocycles. The standard InChI is InChI=1S/C25H19BrI2N2O3/c26-14-3-1-12(2-4-14)11-33-23-19(27)7-13(8-20(23)28)10-29-30-24(31)21-15-5-6-16(18-9-17(15)18)22(21)25(30)32/h1-8,10,15-18,21-22H,9,11H2/b29-10-/t15-,16-,17-,18-,21+,22+/m1/s1. The molecule has 2 aromatic rings. The highest BCUT2D eigenvalue weighted by Gasteiger charge is 2.67. The Kier molecular flexibility index (Phi) is 5.68. The predicted molar refractivity (Wildman–Crippen MR) is 144 cm³/mol. The summed E-state index contributed by atoms with van der Waals surface area (Å²) in [6, 6.07) is 12.0. The zero-order valence-corrected chi connectivity index (χ0v) is 23.2. The molecule has 8 heteroatoms. The molecule has 3 fully saturated rings. The number of imide groups is 1. The second-order valence-corrected chi connectivity index (χ2v) is 12.4.